The summed E-state index contributed by atoms with van der Waals surface area (Å²) in [4.78, 5) is 20.1. The van der Waals surface area contributed by atoms with Crippen LogP contribution in [-0.2, 0) is 5.54 Å². The summed E-state index contributed by atoms with van der Waals surface area (Å²) in [6, 6.07) is 5.45. The van der Waals surface area contributed by atoms with Gasteiger partial charge in [-0.15, -0.1) is 0 Å². The fourth-order valence-corrected chi connectivity index (χ4v) is 5.36. The number of carbonyl (C=O) groups excluding carboxylic acids is 1. The Hall–Kier alpha value is -1.96. The van der Waals surface area contributed by atoms with Crippen molar-refractivity contribution in [2.75, 3.05) is 6.54 Å². The van der Waals surface area contributed by atoms with Crippen molar-refractivity contribution in [3.05, 3.63) is 34.8 Å². The van der Waals surface area contributed by atoms with Crippen LogP contribution in [0.3, 0.4) is 0 Å². The van der Waals surface area contributed by atoms with E-state index in [9.17, 15) is 10.0 Å². The lowest BCUT2D eigenvalue weighted by atomic mass is 9.76. The summed E-state index contributed by atoms with van der Waals surface area (Å²) in [5, 5.41) is 17.8. The van der Waals surface area contributed by atoms with E-state index in [2.05, 4.69) is 10.3 Å². The molecule has 7 nitrogen and oxygen atoms in total. The van der Waals surface area contributed by atoms with Crippen molar-refractivity contribution in [1.29, 1.82) is 0 Å². The number of imidazole rings is 1. The van der Waals surface area contributed by atoms with E-state index < -0.39 is 11.4 Å². The van der Waals surface area contributed by atoms with Crippen LogP contribution in [-0.4, -0.2) is 38.6 Å². The van der Waals surface area contributed by atoms with E-state index >= 15 is 0 Å². The predicted octanol–water partition coefficient (Wildman–Crippen LogP) is 3.01. The SMILES string of the molecule is CC1(C)CC(C[C@@]2(c3nc4c(C(N)=O)cccc4[nH]3)CCCN2)C(C)(C)N1[O-]. The topological polar surface area (TPSA) is 110 Å². The maximum absolute atomic E-state index is 12.9. The molecular formula is C21H30N5O2-. The highest BCUT2D eigenvalue weighted by Gasteiger charge is 2.51. The predicted molar refractivity (Wildman–Crippen MR) is 110 cm³/mol. The third kappa shape index (κ3) is 2.84. The van der Waals surface area contributed by atoms with Gasteiger partial charge < -0.3 is 26.3 Å². The van der Waals surface area contributed by atoms with E-state index in [-0.39, 0.29) is 17.0 Å². The Morgan fingerprint density at radius 3 is 2.68 bits per heavy atom. The van der Waals surface area contributed by atoms with Crippen molar-refractivity contribution in [3.8, 4) is 0 Å². The summed E-state index contributed by atoms with van der Waals surface area (Å²) < 4.78 is 0. The first-order valence-electron chi connectivity index (χ1n) is 10.1. The Kier molecular flexibility index (Phi) is 4.34. The normalized spacial score (nSPS) is 29.5. The van der Waals surface area contributed by atoms with Gasteiger partial charge >= 0.3 is 0 Å². The molecule has 1 aromatic heterocycles. The van der Waals surface area contributed by atoms with Crippen LogP contribution in [0.2, 0.25) is 0 Å². The Balaban J connectivity index is 1.75. The average molecular weight is 385 g/mol. The number of rotatable bonds is 4. The van der Waals surface area contributed by atoms with Crippen LogP contribution in [0.4, 0.5) is 0 Å². The second kappa shape index (κ2) is 6.27. The van der Waals surface area contributed by atoms with Gasteiger partial charge in [0.2, 0.25) is 0 Å². The molecule has 1 unspecified atom stereocenters. The van der Waals surface area contributed by atoms with E-state index in [1.807, 2.05) is 39.8 Å². The molecule has 2 aromatic rings. The van der Waals surface area contributed by atoms with Crippen LogP contribution in [0.5, 0.6) is 0 Å². The Labute approximate surface area is 165 Å². The summed E-state index contributed by atoms with van der Waals surface area (Å²) in [5.74, 6) is 0.596. The van der Waals surface area contributed by atoms with Crippen molar-refractivity contribution >= 4 is 16.9 Å². The van der Waals surface area contributed by atoms with Gasteiger partial charge in [-0.3, -0.25) is 4.79 Å². The molecule has 4 N–H and O–H groups in total. The lowest BCUT2D eigenvalue weighted by Crippen LogP contribution is -2.48. The number of aromatic nitrogens is 2. The molecular weight excluding hydrogens is 354 g/mol. The zero-order valence-electron chi connectivity index (χ0n) is 17.1. The van der Waals surface area contributed by atoms with E-state index in [1.54, 1.807) is 6.07 Å². The number of primary amides is 1. The largest absolute Gasteiger partial charge is 0.784 e. The number of hydrogen-bond donors (Lipinski definition) is 3. The zero-order chi connectivity index (χ0) is 20.3. The maximum atomic E-state index is 12.9. The van der Waals surface area contributed by atoms with Crippen LogP contribution in [0, 0.1) is 11.1 Å². The molecule has 2 fully saturated rings. The van der Waals surface area contributed by atoms with E-state index in [0.717, 1.165) is 43.6 Å². The molecule has 3 heterocycles. The van der Waals surface area contributed by atoms with Crippen molar-refractivity contribution < 1.29 is 4.79 Å². The molecule has 0 radical (unpaired) electrons. The highest BCUT2D eigenvalue weighted by atomic mass is 16.5. The number of carbonyl (C=O) groups is 1. The highest BCUT2D eigenvalue weighted by Crippen LogP contribution is 2.50. The van der Waals surface area contributed by atoms with Crippen molar-refractivity contribution in [2.24, 2.45) is 11.7 Å². The number of para-hydroxylation sites is 1. The Bertz CT molecular complexity index is 911. The first-order chi connectivity index (χ1) is 13.1. The average Bonchev–Trinajstić information content (AvgIpc) is 3.29. The lowest BCUT2D eigenvalue weighted by molar-refractivity contribution is 0.100. The molecule has 0 bridgehead atoms. The third-order valence-electron chi connectivity index (χ3n) is 6.89. The molecule has 2 saturated heterocycles. The van der Waals surface area contributed by atoms with Gasteiger partial charge in [0.05, 0.1) is 16.6 Å². The first kappa shape index (κ1) is 19.4. The monoisotopic (exact) mass is 384 g/mol. The summed E-state index contributed by atoms with van der Waals surface area (Å²) >= 11 is 0. The zero-order valence-corrected chi connectivity index (χ0v) is 17.1. The molecule has 2 aliphatic heterocycles. The maximum Gasteiger partial charge on any atom is 0.250 e. The fourth-order valence-electron chi connectivity index (χ4n) is 5.36. The van der Waals surface area contributed by atoms with Crippen LogP contribution in [0.15, 0.2) is 18.2 Å². The van der Waals surface area contributed by atoms with E-state index in [4.69, 9.17) is 10.7 Å². The molecule has 7 heteroatoms. The molecule has 1 amide bonds. The second-order valence-corrected chi connectivity index (χ2v) is 9.63. The molecule has 28 heavy (non-hydrogen) atoms. The number of amides is 1. The van der Waals surface area contributed by atoms with Crippen molar-refractivity contribution in [1.82, 2.24) is 20.3 Å². The fraction of sp³-hybridized carbons (Fsp3) is 0.619. The summed E-state index contributed by atoms with van der Waals surface area (Å²) in [6.07, 6.45) is 3.68. The van der Waals surface area contributed by atoms with Crippen LogP contribution >= 0.6 is 0 Å². The van der Waals surface area contributed by atoms with Crippen LogP contribution < -0.4 is 11.1 Å². The van der Waals surface area contributed by atoms with Gasteiger partial charge in [0.15, 0.2) is 0 Å². The van der Waals surface area contributed by atoms with Gasteiger partial charge in [-0.25, -0.2) is 4.98 Å². The number of benzene rings is 1. The molecule has 1 aromatic carbocycles. The van der Waals surface area contributed by atoms with E-state index in [1.165, 1.54) is 5.06 Å². The second-order valence-electron chi connectivity index (χ2n) is 9.63. The Morgan fingerprint density at radius 2 is 2.11 bits per heavy atom. The number of nitrogens with one attached hydrogen (secondary N) is 2. The van der Waals surface area contributed by atoms with Gasteiger partial charge in [-0.05, 0) is 78.0 Å². The number of nitrogens with zero attached hydrogens (tertiary/aromatic N) is 2. The molecule has 0 aliphatic carbocycles. The highest BCUT2D eigenvalue weighted by molar-refractivity contribution is 6.04. The molecule has 0 spiro atoms. The Morgan fingerprint density at radius 1 is 1.36 bits per heavy atom. The summed E-state index contributed by atoms with van der Waals surface area (Å²) in [6.45, 7) is 9.06. The minimum absolute atomic E-state index is 0.231. The third-order valence-corrected chi connectivity index (χ3v) is 6.89. The quantitative estimate of drug-likeness (QED) is 0.750. The summed E-state index contributed by atoms with van der Waals surface area (Å²) in [5.41, 5.74) is 6.27. The van der Waals surface area contributed by atoms with Gasteiger partial charge in [-0.2, -0.15) is 0 Å². The van der Waals surface area contributed by atoms with Gasteiger partial charge in [0.25, 0.3) is 5.91 Å². The van der Waals surface area contributed by atoms with Crippen molar-refractivity contribution in [3.63, 3.8) is 0 Å². The van der Waals surface area contributed by atoms with Crippen molar-refractivity contribution in [2.45, 2.75) is 70.0 Å². The number of hydrogen-bond acceptors (Lipinski definition) is 5. The lowest BCUT2D eigenvalue weighted by Gasteiger charge is -2.48. The van der Waals surface area contributed by atoms with Gasteiger partial charge in [0, 0.05) is 11.1 Å². The number of nitrogens with two attached hydrogens (primary N) is 1. The van der Waals surface area contributed by atoms with Crippen LogP contribution in [0.1, 0.15) is 69.6 Å². The molecule has 4 rings (SSSR count). The molecule has 2 atom stereocenters. The number of aromatic amines is 1. The smallest absolute Gasteiger partial charge is 0.250 e. The summed E-state index contributed by atoms with van der Waals surface area (Å²) in [7, 11) is 0. The van der Waals surface area contributed by atoms with Gasteiger partial charge in [-0.1, -0.05) is 6.07 Å². The number of hydroxylamine groups is 2. The minimum atomic E-state index is -0.474. The standard InChI is InChI=1S/C21H30N5O2/c1-19(2)11-13(20(3,4)26(19)28)12-21(9-6-10-23-21)18-24-15-8-5-7-14(17(22)27)16(15)25-18/h5,7-8,13,23H,6,9-12H2,1-4H3,(H2,22,27)(H,24,25)/q-1/t13?,21-/m1/s1. The van der Waals surface area contributed by atoms with Crippen LogP contribution in [0.25, 0.3) is 11.0 Å². The first-order valence-corrected chi connectivity index (χ1v) is 10.1. The molecule has 0 saturated carbocycles. The molecule has 152 valence electrons. The number of fused-ring (bicyclic) bond motifs is 1. The molecule has 2 aliphatic rings. The number of H-pyrrole nitrogens is 1. The van der Waals surface area contributed by atoms with Gasteiger partial charge in [0.1, 0.15) is 11.3 Å². The van der Waals surface area contributed by atoms with E-state index in [0.29, 0.717) is 11.1 Å². The minimum Gasteiger partial charge on any atom is -0.784 e.